The van der Waals surface area contributed by atoms with Crippen molar-refractivity contribution in [3.05, 3.63) is 14.5 Å². The van der Waals surface area contributed by atoms with Gasteiger partial charge in [0.25, 0.3) is 0 Å². The summed E-state index contributed by atoms with van der Waals surface area (Å²) in [6.07, 6.45) is 2.75. The third kappa shape index (κ3) is 1.69. The van der Waals surface area contributed by atoms with Crippen LogP contribution in [0.5, 0.6) is 0 Å². The quantitative estimate of drug-likeness (QED) is 0.761. The van der Waals surface area contributed by atoms with Crippen LogP contribution in [0.4, 0.5) is 0 Å². The third-order valence-electron chi connectivity index (χ3n) is 3.89. The maximum absolute atomic E-state index is 5.23. The lowest BCUT2D eigenvalue weighted by atomic mass is 9.77. The van der Waals surface area contributed by atoms with E-state index in [4.69, 9.17) is 12.2 Å². The predicted molar refractivity (Wildman–Crippen MR) is 66.1 cm³/mol. The molecule has 3 aliphatic heterocycles. The zero-order valence-corrected chi connectivity index (χ0v) is 10.6. The molecule has 4 rings (SSSR count). The summed E-state index contributed by atoms with van der Waals surface area (Å²) in [6.45, 7) is 6.06. The largest absolute Gasteiger partial charge is 0.340 e. The van der Waals surface area contributed by atoms with E-state index >= 15 is 0 Å². The molecule has 2 bridgehead atoms. The highest BCUT2D eigenvalue weighted by atomic mass is 32.1. The zero-order valence-electron chi connectivity index (χ0n) is 8.95. The number of rotatable bonds is 1. The molecule has 4 heterocycles. The number of nitrogens with one attached hydrogen (secondary N) is 1. The molecule has 1 aromatic heterocycles. The first kappa shape index (κ1) is 10.00. The van der Waals surface area contributed by atoms with E-state index in [0.717, 1.165) is 15.8 Å². The minimum Gasteiger partial charge on any atom is -0.340 e. The summed E-state index contributed by atoms with van der Waals surface area (Å²) in [4.78, 5) is 7.40. The molecule has 0 amide bonds. The van der Waals surface area contributed by atoms with E-state index in [2.05, 4.69) is 16.8 Å². The van der Waals surface area contributed by atoms with Crippen molar-refractivity contribution in [1.82, 2.24) is 9.88 Å². The van der Waals surface area contributed by atoms with Crippen LogP contribution in [-0.4, -0.2) is 29.5 Å². The lowest BCUT2D eigenvalue weighted by Gasteiger charge is -2.44. The number of thiazole rings is 1. The van der Waals surface area contributed by atoms with E-state index in [1.165, 1.54) is 43.0 Å². The average molecular weight is 240 g/mol. The Morgan fingerprint density at radius 1 is 1.40 bits per heavy atom. The molecule has 0 aromatic carbocycles. The fourth-order valence-corrected chi connectivity index (χ4v) is 4.30. The van der Waals surface area contributed by atoms with Gasteiger partial charge in [-0.3, -0.25) is 0 Å². The van der Waals surface area contributed by atoms with Crippen LogP contribution in [-0.2, 0) is 0 Å². The summed E-state index contributed by atoms with van der Waals surface area (Å²) >= 11 is 6.96. The molecule has 3 fully saturated rings. The molecule has 1 atom stereocenters. The molecule has 1 aromatic rings. The van der Waals surface area contributed by atoms with Crippen LogP contribution in [0.3, 0.4) is 0 Å². The lowest BCUT2D eigenvalue weighted by Crippen LogP contribution is -2.46. The normalized spacial score (nSPS) is 34.6. The Morgan fingerprint density at radius 3 is 2.60 bits per heavy atom. The summed E-state index contributed by atoms with van der Waals surface area (Å²) in [5, 5.41) is 0. The van der Waals surface area contributed by atoms with Crippen molar-refractivity contribution in [3.63, 3.8) is 0 Å². The molecule has 0 radical (unpaired) electrons. The smallest absolute Gasteiger partial charge is 0.158 e. The number of hydrogen-bond acceptors (Lipinski definition) is 3. The number of H-pyrrole nitrogens is 1. The third-order valence-corrected chi connectivity index (χ3v) is 5.05. The first-order valence-electron chi connectivity index (χ1n) is 5.66. The number of nitrogens with zero attached hydrogens (tertiary/aromatic N) is 1. The van der Waals surface area contributed by atoms with Crippen LogP contribution in [0.25, 0.3) is 0 Å². The first-order valence-corrected chi connectivity index (χ1v) is 6.88. The second-order valence-corrected chi connectivity index (χ2v) is 6.62. The van der Waals surface area contributed by atoms with Crippen LogP contribution >= 0.6 is 23.6 Å². The number of aromatic amines is 1. The first-order chi connectivity index (χ1) is 7.24. The van der Waals surface area contributed by atoms with Crippen molar-refractivity contribution in [3.8, 4) is 0 Å². The number of hydrogen-bond donors (Lipinski definition) is 1. The Bertz CT molecular complexity index is 412. The lowest BCUT2D eigenvalue weighted by molar-refractivity contribution is 0.0854. The van der Waals surface area contributed by atoms with E-state index in [0.29, 0.717) is 0 Å². The van der Waals surface area contributed by atoms with Gasteiger partial charge in [-0.05, 0) is 51.0 Å². The topological polar surface area (TPSA) is 19.0 Å². The highest BCUT2D eigenvalue weighted by molar-refractivity contribution is 7.73. The minimum atomic E-state index is 0.723. The van der Waals surface area contributed by atoms with Gasteiger partial charge in [-0.15, -0.1) is 11.3 Å². The van der Waals surface area contributed by atoms with Crippen molar-refractivity contribution in [2.75, 3.05) is 19.6 Å². The molecule has 0 aliphatic carbocycles. The van der Waals surface area contributed by atoms with Crippen LogP contribution in [0.1, 0.15) is 29.3 Å². The standard InChI is InChI=1S/C11H16N2S2/c1-7-10(12-11(14)15-7)9-6-13-4-2-8(9)3-5-13/h8-9H,2-6H2,1H3,(H,12,14). The Hall–Kier alpha value is -0.190. The van der Waals surface area contributed by atoms with Crippen molar-refractivity contribution in [1.29, 1.82) is 0 Å². The van der Waals surface area contributed by atoms with Crippen molar-refractivity contribution >= 4 is 23.6 Å². The van der Waals surface area contributed by atoms with Gasteiger partial charge in [0.05, 0.1) is 0 Å². The Balaban J connectivity index is 1.94. The molecule has 15 heavy (non-hydrogen) atoms. The van der Waals surface area contributed by atoms with E-state index < -0.39 is 0 Å². The van der Waals surface area contributed by atoms with Gasteiger partial charge < -0.3 is 9.88 Å². The fourth-order valence-electron chi connectivity index (χ4n) is 3.06. The molecule has 1 unspecified atom stereocenters. The van der Waals surface area contributed by atoms with Gasteiger partial charge >= 0.3 is 0 Å². The SMILES string of the molecule is Cc1sc(=S)[nH]c1C1CN2CCC1CC2. The van der Waals surface area contributed by atoms with Gasteiger partial charge in [-0.25, -0.2) is 0 Å². The highest BCUT2D eigenvalue weighted by Gasteiger charge is 2.36. The van der Waals surface area contributed by atoms with Crippen molar-refractivity contribution < 1.29 is 0 Å². The Morgan fingerprint density at radius 2 is 2.13 bits per heavy atom. The molecule has 4 heteroatoms. The van der Waals surface area contributed by atoms with Crippen molar-refractivity contribution in [2.24, 2.45) is 5.92 Å². The van der Waals surface area contributed by atoms with Gasteiger partial charge in [0.1, 0.15) is 0 Å². The molecular formula is C11H16N2S2. The van der Waals surface area contributed by atoms with E-state index in [1.807, 2.05) is 0 Å². The summed E-state index contributed by atoms with van der Waals surface area (Å²) in [7, 11) is 0. The van der Waals surface area contributed by atoms with Gasteiger partial charge in [0, 0.05) is 23.0 Å². The Labute approximate surface area is 99.3 Å². The highest BCUT2D eigenvalue weighted by Crippen LogP contribution is 2.40. The molecular weight excluding hydrogens is 224 g/mol. The number of fused-ring (bicyclic) bond motifs is 3. The minimum absolute atomic E-state index is 0.723. The molecule has 1 N–H and O–H groups in total. The van der Waals surface area contributed by atoms with Crippen molar-refractivity contribution in [2.45, 2.75) is 25.7 Å². The summed E-state index contributed by atoms with van der Waals surface area (Å²) in [5.74, 6) is 1.62. The summed E-state index contributed by atoms with van der Waals surface area (Å²) in [5.41, 5.74) is 1.43. The van der Waals surface area contributed by atoms with Gasteiger partial charge in [-0.2, -0.15) is 0 Å². The molecule has 3 saturated heterocycles. The summed E-state index contributed by atoms with van der Waals surface area (Å²) < 4.78 is 0.943. The number of aryl methyl sites for hydroxylation is 1. The van der Waals surface area contributed by atoms with E-state index in [9.17, 15) is 0 Å². The van der Waals surface area contributed by atoms with Crippen LogP contribution in [0, 0.1) is 16.8 Å². The van der Waals surface area contributed by atoms with Gasteiger partial charge in [0.15, 0.2) is 3.95 Å². The predicted octanol–water partition coefficient (Wildman–Crippen LogP) is 2.92. The second-order valence-electron chi connectivity index (χ2n) is 4.73. The van der Waals surface area contributed by atoms with Crippen LogP contribution in [0.15, 0.2) is 0 Å². The fraction of sp³-hybridized carbons (Fsp3) is 0.727. The maximum Gasteiger partial charge on any atom is 0.158 e. The number of piperidine rings is 3. The molecule has 2 nitrogen and oxygen atoms in total. The monoisotopic (exact) mass is 240 g/mol. The molecule has 3 aliphatic rings. The van der Waals surface area contributed by atoms with Gasteiger partial charge in [0.2, 0.25) is 0 Å². The second kappa shape index (κ2) is 3.68. The van der Waals surface area contributed by atoms with Crippen LogP contribution < -0.4 is 0 Å². The maximum atomic E-state index is 5.23. The van der Waals surface area contributed by atoms with E-state index in [1.54, 1.807) is 11.3 Å². The molecule has 0 saturated carbocycles. The number of aromatic nitrogens is 1. The van der Waals surface area contributed by atoms with Gasteiger partial charge in [-0.1, -0.05) is 0 Å². The molecule has 82 valence electrons. The molecule has 0 spiro atoms. The average Bonchev–Trinajstić information content (AvgIpc) is 2.59. The van der Waals surface area contributed by atoms with E-state index in [-0.39, 0.29) is 0 Å². The summed E-state index contributed by atoms with van der Waals surface area (Å²) in [6, 6.07) is 0. The Kier molecular flexibility index (Phi) is 2.45. The zero-order chi connectivity index (χ0) is 10.4. The van der Waals surface area contributed by atoms with Crippen LogP contribution in [0.2, 0.25) is 0 Å².